The summed E-state index contributed by atoms with van der Waals surface area (Å²) in [5.41, 5.74) is 4.60. The summed E-state index contributed by atoms with van der Waals surface area (Å²) < 4.78 is 4.08. The summed E-state index contributed by atoms with van der Waals surface area (Å²) in [6.45, 7) is -0.0972. The van der Waals surface area contributed by atoms with Gasteiger partial charge in [0.1, 0.15) is 6.61 Å². The maximum atomic E-state index is 9.66. The molecule has 0 bridgehead atoms. The second-order valence-corrected chi connectivity index (χ2v) is 0.815. The summed E-state index contributed by atoms with van der Waals surface area (Å²) in [5, 5.41) is 0. The monoisotopic (exact) mass is 88.0 g/mol. The molecule has 3 nitrogen and oxygen atoms in total. The summed E-state index contributed by atoms with van der Waals surface area (Å²) in [6.07, 6.45) is 0. The van der Waals surface area contributed by atoms with Crippen LogP contribution >= 0.6 is 0 Å². The fraction of sp³-hybridized carbons (Fsp3) is 0.333. The molecule has 0 aliphatic rings. The Morgan fingerprint density at radius 3 is 2.50 bits per heavy atom. The number of amides is 1. The molecule has 0 saturated carbocycles. The topological polar surface area (TPSA) is 52.3 Å². The smallest absolute Gasteiger partial charge is 0.243 e. The van der Waals surface area contributed by atoms with Crippen LogP contribution in [0.4, 0.5) is 0 Å². The molecular weight excluding hydrogens is 82.0 g/mol. The lowest BCUT2D eigenvalue weighted by Gasteiger charge is -1.84. The third-order valence-electron chi connectivity index (χ3n) is 0.244. The molecular formula is C3H6NO2. The van der Waals surface area contributed by atoms with Crippen molar-refractivity contribution < 1.29 is 9.53 Å². The Morgan fingerprint density at radius 1 is 2.00 bits per heavy atom. The van der Waals surface area contributed by atoms with E-state index in [9.17, 15) is 4.79 Å². The lowest BCUT2D eigenvalue weighted by molar-refractivity contribution is -0.120. The van der Waals surface area contributed by atoms with E-state index in [0.717, 1.165) is 0 Å². The van der Waals surface area contributed by atoms with Crippen molar-refractivity contribution in [1.29, 1.82) is 0 Å². The maximum absolute atomic E-state index is 9.66. The van der Waals surface area contributed by atoms with Gasteiger partial charge in [-0.2, -0.15) is 0 Å². The lowest BCUT2D eigenvalue weighted by atomic mass is 10.7. The first-order chi connectivity index (χ1) is 2.77. The Bertz CT molecular complexity index is 52.8. The van der Waals surface area contributed by atoms with Gasteiger partial charge < -0.3 is 10.5 Å². The zero-order valence-corrected chi connectivity index (χ0v) is 3.31. The van der Waals surface area contributed by atoms with Gasteiger partial charge in [0.05, 0.1) is 7.11 Å². The summed E-state index contributed by atoms with van der Waals surface area (Å²) in [7, 11) is 2.92. The first kappa shape index (κ1) is 5.43. The van der Waals surface area contributed by atoms with Gasteiger partial charge in [-0.25, -0.2) is 0 Å². The van der Waals surface area contributed by atoms with Crippen molar-refractivity contribution in [3.05, 3.63) is 7.11 Å². The number of ether oxygens (including phenoxy) is 1. The van der Waals surface area contributed by atoms with E-state index in [1.807, 2.05) is 0 Å². The number of hydrogen-bond donors (Lipinski definition) is 1. The highest BCUT2D eigenvalue weighted by Gasteiger charge is 1.84. The Labute approximate surface area is 36.1 Å². The van der Waals surface area contributed by atoms with E-state index in [2.05, 4.69) is 17.6 Å². The first-order valence-corrected chi connectivity index (χ1v) is 1.42. The van der Waals surface area contributed by atoms with E-state index >= 15 is 0 Å². The van der Waals surface area contributed by atoms with E-state index in [1.54, 1.807) is 0 Å². The average molecular weight is 88.1 g/mol. The molecule has 0 atom stereocenters. The van der Waals surface area contributed by atoms with Gasteiger partial charge >= 0.3 is 0 Å². The molecule has 1 radical (unpaired) electrons. The van der Waals surface area contributed by atoms with Crippen molar-refractivity contribution in [3.8, 4) is 0 Å². The van der Waals surface area contributed by atoms with Crippen LogP contribution in [0.25, 0.3) is 0 Å². The third-order valence-corrected chi connectivity index (χ3v) is 0.244. The van der Waals surface area contributed by atoms with Gasteiger partial charge in [-0.3, -0.25) is 4.79 Å². The molecule has 0 heterocycles. The van der Waals surface area contributed by atoms with E-state index in [4.69, 9.17) is 0 Å². The van der Waals surface area contributed by atoms with Crippen LogP contribution in [-0.4, -0.2) is 12.5 Å². The number of carbonyl (C=O) groups excluding carboxylic acids is 1. The minimum absolute atomic E-state index is 0.0972. The average Bonchev–Trinajstić information content (AvgIpc) is 1.35. The van der Waals surface area contributed by atoms with Gasteiger partial charge in [-0.1, -0.05) is 0 Å². The van der Waals surface area contributed by atoms with Gasteiger partial charge in [0.25, 0.3) is 0 Å². The van der Waals surface area contributed by atoms with Crippen LogP contribution in [-0.2, 0) is 9.53 Å². The van der Waals surface area contributed by atoms with Crippen molar-refractivity contribution in [2.45, 2.75) is 0 Å². The molecule has 0 aromatic carbocycles. The predicted octanol–water partition coefficient (Wildman–Crippen LogP) is -0.720. The zero-order chi connectivity index (χ0) is 4.99. The second kappa shape index (κ2) is 2.66. The van der Waals surface area contributed by atoms with Crippen LogP contribution in [0.5, 0.6) is 0 Å². The van der Waals surface area contributed by atoms with E-state index in [0.29, 0.717) is 0 Å². The third kappa shape index (κ3) is 3.43. The molecule has 0 aliphatic heterocycles. The molecule has 1 amide bonds. The minimum Gasteiger partial charge on any atom is -0.369 e. The predicted molar refractivity (Wildman–Crippen MR) is 20.5 cm³/mol. The largest absolute Gasteiger partial charge is 0.369 e. The Morgan fingerprint density at radius 2 is 2.50 bits per heavy atom. The van der Waals surface area contributed by atoms with Crippen molar-refractivity contribution in [2.24, 2.45) is 5.73 Å². The molecule has 0 unspecified atom stereocenters. The molecule has 0 spiro atoms. The highest BCUT2D eigenvalue weighted by atomic mass is 16.5. The molecule has 3 heteroatoms. The molecule has 0 aliphatic carbocycles. The van der Waals surface area contributed by atoms with Gasteiger partial charge in [0.2, 0.25) is 5.91 Å². The van der Waals surface area contributed by atoms with E-state index in [1.165, 1.54) is 0 Å². The van der Waals surface area contributed by atoms with Crippen LogP contribution in [0.15, 0.2) is 0 Å². The van der Waals surface area contributed by atoms with Crippen molar-refractivity contribution in [3.63, 3.8) is 0 Å². The minimum atomic E-state index is -0.495. The SMILES string of the molecule is [CH2]OCC(N)=O. The normalized spacial score (nSPS) is 8.17. The van der Waals surface area contributed by atoms with Crippen molar-refractivity contribution in [1.82, 2.24) is 0 Å². The van der Waals surface area contributed by atoms with Crippen LogP contribution in [0.2, 0.25) is 0 Å². The van der Waals surface area contributed by atoms with Gasteiger partial charge in [-0.15, -0.1) is 0 Å². The number of carbonyl (C=O) groups is 1. The van der Waals surface area contributed by atoms with Gasteiger partial charge in [0.15, 0.2) is 0 Å². The second-order valence-electron chi connectivity index (χ2n) is 0.815. The fourth-order valence-electron chi connectivity index (χ4n) is 0.101. The molecule has 0 aromatic rings. The molecule has 0 saturated heterocycles. The van der Waals surface area contributed by atoms with E-state index < -0.39 is 5.91 Å². The molecule has 6 heavy (non-hydrogen) atoms. The number of rotatable bonds is 2. The number of hydrogen-bond acceptors (Lipinski definition) is 2. The van der Waals surface area contributed by atoms with Crippen LogP contribution in [0, 0.1) is 7.11 Å². The van der Waals surface area contributed by atoms with E-state index in [-0.39, 0.29) is 6.61 Å². The number of primary amides is 1. The zero-order valence-electron chi connectivity index (χ0n) is 3.31. The van der Waals surface area contributed by atoms with Gasteiger partial charge in [-0.05, 0) is 0 Å². The Balaban J connectivity index is 2.83. The van der Waals surface area contributed by atoms with Crippen molar-refractivity contribution in [2.75, 3.05) is 6.61 Å². The molecule has 2 N–H and O–H groups in total. The maximum Gasteiger partial charge on any atom is 0.243 e. The summed E-state index contributed by atoms with van der Waals surface area (Å²) >= 11 is 0. The summed E-state index contributed by atoms with van der Waals surface area (Å²) in [4.78, 5) is 9.66. The van der Waals surface area contributed by atoms with Crippen LogP contribution < -0.4 is 5.73 Å². The highest BCUT2D eigenvalue weighted by Crippen LogP contribution is 1.61. The molecule has 35 valence electrons. The fourth-order valence-corrected chi connectivity index (χ4v) is 0.101. The Kier molecular flexibility index (Phi) is 2.40. The Hall–Kier alpha value is -0.570. The standard InChI is InChI=1S/C3H6NO2/c1-6-2-3(4)5/h1-2H2,(H2,4,5). The molecule has 0 rings (SSSR count). The summed E-state index contributed by atoms with van der Waals surface area (Å²) in [5.74, 6) is -0.495. The molecule has 0 fully saturated rings. The highest BCUT2D eigenvalue weighted by molar-refractivity contribution is 5.74. The van der Waals surface area contributed by atoms with Gasteiger partial charge in [0, 0.05) is 0 Å². The van der Waals surface area contributed by atoms with Crippen LogP contribution in [0.1, 0.15) is 0 Å². The van der Waals surface area contributed by atoms with Crippen LogP contribution in [0.3, 0.4) is 0 Å². The van der Waals surface area contributed by atoms with Crippen molar-refractivity contribution >= 4 is 5.91 Å². The molecule has 0 aromatic heterocycles. The quantitative estimate of drug-likeness (QED) is 0.484. The summed E-state index contributed by atoms with van der Waals surface area (Å²) in [6, 6.07) is 0. The first-order valence-electron chi connectivity index (χ1n) is 1.42. The number of nitrogens with two attached hydrogens (primary N) is 1. The lowest BCUT2D eigenvalue weighted by Crippen LogP contribution is -2.15.